The third kappa shape index (κ3) is 4.56. The maximum absolute atomic E-state index is 12.1. The Hall–Kier alpha value is -4.06. The largest absolute Gasteiger partial charge is 0.618 e. The van der Waals surface area contributed by atoms with Crippen molar-refractivity contribution in [3.8, 4) is 0 Å². The minimum absolute atomic E-state index is 0.0494. The van der Waals surface area contributed by atoms with Crippen LogP contribution in [0.15, 0.2) is 85.2 Å². The highest BCUT2D eigenvalue weighted by Gasteiger charge is 2.12. The summed E-state index contributed by atoms with van der Waals surface area (Å²) in [6.45, 7) is 0. The first-order chi connectivity index (χ1) is 13.5. The molecule has 0 spiro atoms. The predicted octanol–water partition coefficient (Wildman–Crippen LogP) is 2.75. The SMILES string of the molecule is O=C(C=Cc1ccc(C=CC(=O)c2cccc[n+]2[O-])cc1)c1cccc[n+]1[O-]. The molecule has 3 rings (SSSR count). The second-order valence-corrected chi connectivity index (χ2v) is 5.89. The molecule has 6 nitrogen and oxygen atoms in total. The number of carbonyl (C=O) groups is 2. The van der Waals surface area contributed by atoms with Crippen molar-refractivity contribution >= 4 is 23.7 Å². The summed E-state index contributed by atoms with van der Waals surface area (Å²) >= 11 is 0. The number of hydrogen-bond acceptors (Lipinski definition) is 4. The van der Waals surface area contributed by atoms with Gasteiger partial charge in [0.15, 0.2) is 12.4 Å². The van der Waals surface area contributed by atoms with E-state index in [1.54, 1.807) is 60.7 Å². The van der Waals surface area contributed by atoms with E-state index in [2.05, 4.69) is 0 Å². The molecule has 0 atom stereocenters. The van der Waals surface area contributed by atoms with Gasteiger partial charge in [0, 0.05) is 24.3 Å². The summed E-state index contributed by atoms with van der Waals surface area (Å²) < 4.78 is 1.05. The van der Waals surface area contributed by atoms with E-state index in [1.165, 1.54) is 36.7 Å². The Bertz CT molecular complexity index is 983. The molecular weight excluding hydrogens is 356 g/mol. The van der Waals surface area contributed by atoms with Crippen LogP contribution in [0.1, 0.15) is 32.1 Å². The van der Waals surface area contributed by atoms with Gasteiger partial charge < -0.3 is 10.4 Å². The van der Waals surface area contributed by atoms with Crippen LogP contribution in [0.5, 0.6) is 0 Å². The van der Waals surface area contributed by atoms with Crippen molar-refractivity contribution in [2.24, 2.45) is 0 Å². The molecule has 0 amide bonds. The molecule has 2 heterocycles. The molecule has 28 heavy (non-hydrogen) atoms. The molecule has 0 bridgehead atoms. The van der Waals surface area contributed by atoms with Gasteiger partial charge >= 0.3 is 0 Å². The zero-order valence-electron chi connectivity index (χ0n) is 14.8. The van der Waals surface area contributed by atoms with Crippen LogP contribution in [0.4, 0.5) is 0 Å². The van der Waals surface area contributed by atoms with Gasteiger partial charge in [0.2, 0.25) is 0 Å². The zero-order valence-corrected chi connectivity index (χ0v) is 14.8. The average Bonchev–Trinajstić information content (AvgIpc) is 2.71. The summed E-state index contributed by atoms with van der Waals surface area (Å²) in [6.07, 6.45) is 8.43. The fourth-order valence-electron chi connectivity index (χ4n) is 2.47. The standard InChI is InChI=1S/C22H16N2O4/c25-21(19-5-1-3-15-23(19)27)13-11-17-7-9-18(10-8-17)12-14-22(26)20-6-2-4-16-24(20)28/h1-16H. The summed E-state index contributed by atoms with van der Waals surface area (Å²) in [5.74, 6) is -0.780. The number of pyridine rings is 2. The lowest BCUT2D eigenvalue weighted by Gasteiger charge is -2.00. The van der Waals surface area contributed by atoms with Gasteiger partial charge in [-0.2, -0.15) is 9.46 Å². The van der Waals surface area contributed by atoms with Gasteiger partial charge in [-0.05, 0) is 35.4 Å². The summed E-state index contributed by atoms with van der Waals surface area (Å²) in [4.78, 5) is 24.1. The number of ketones is 2. The lowest BCUT2D eigenvalue weighted by molar-refractivity contribution is -0.607. The molecule has 0 radical (unpaired) electrons. The van der Waals surface area contributed by atoms with Crippen molar-refractivity contribution in [2.45, 2.75) is 0 Å². The first kappa shape index (κ1) is 18.7. The smallest absolute Gasteiger partial charge is 0.264 e. The van der Waals surface area contributed by atoms with E-state index < -0.39 is 0 Å². The Labute approximate surface area is 161 Å². The van der Waals surface area contributed by atoms with Crippen LogP contribution in [0, 0.1) is 10.4 Å². The molecule has 0 aliphatic rings. The Morgan fingerprint density at radius 3 is 1.39 bits per heavy atom. The molecule has 0 aliphatic carbocycles. The Morgan fingerprint density at radius 2 is 1.04 bits per heavy atom. The minimum Gasteiger partial charge on any atom is -0.618 e. The molecule has 1 aromatic carbocycles. The summed E-state index contributed by atoms with van der Waals surface area (Å²) in [6, 6.07) is 16.4. The van der Waals surface area contributed by atoms with Gasteiger partial charge in [0.1, 0.15) is 0 Å². The highest BCUT2D eigenvalue weighted by atomic mass is 16.5. The van der Waals surface area contributed by atoms with Crippen LogP contribution in [0.25, 0.3) is 12.2 Å². The molecule has 0 N–H and O–H groups in total. The topological polar surface area (TPSA) is 88.0 Å². The van der Waals surface area contributed by atoms with Crippen molar-refractivity contribution in [2.75, 3.05) is 0 Å². The molecule has 2 aromatic heterocycles. The molecule has 138 valence electrons. The summed E-state index contributed by atoms with van der Waals surface area (Å²) in [5, 5.41) is 23.1. The molecule has 0 saturated heterocycles. The maximum atomic E-state index is 12.1. The number of benzene rings is 1. The van der Waals surface area contributed by atoms with E-state index >= 15 is 0 Å². The minimum atomic E-state index is -0.390. The average molecular weight is 372 g/mol. The van der Waals surface area contributed by atoms with Gasteiger partial charge in [-0.15, -0.1) is 0 Å². The highest BCUT2D eigenvalue weighted by Crippen LogP contribution is 2.09. The van der Waals surface area contributed by atoms with Crippen molar-refractivity contribution in [1.82, 2.24) is 0 Å². The lowest BCUT2D eigenvalue weighted by Crippen LogP contribution is -2.33. The number of aromatic nitrogens is 2. The fourth-order valence-corrected chi connectivity index (χ4v) is 2.47. The quantitative estimate of drug-likeness (QED) is 0.288. The second kappa shape index (κ2) is 8.55. The third-order valence-electron chi connectivity index (χ3n) is 3.94. The molecular formula is C22H16N2O4. The second-order valence-electron chi connectivity index (χ2n) is 5.89. The van der Waals surface area contributed by atoms with Gasteiger partial charge in [-0.25, -0.2) is 0 Å². The van der Waals surface area contributed by atoms with Crippen molar-refractivity contribution in [1.29, 1.82) is 0 Å². The first-order valence-electron chi connectivity index (χ1n) is 8.46. The Kier molecular flexibility index (Phi) is 5.72. The maximum Gasteiger partial charge on any atom is 0.264 e. The van der Waals surface area contributed by atoms with Gasteiger partial charge in [0.05, 0.1) is 0 Å². The van der Waals surface area contributed by atoms with Crippen LogP contribution >= 0.6 is 0 Å². The molecule has 0 fully saturated rings. The normalized spacial score (nSPS) is 11.1. The van der Waals surface area contributed by atoms with Crippen LogP contribution in [0.3, 0.4) is 0 Å². The van der Waals surface area contributed by atoms with Crippen LogP contribution in [0.2, 0.25) is 0 Å². The summed E-state index contributed by atoms with van der Waals surface area (Å²) in [5.41, 5.74) is 1.64. The van der Waals surface area contributed by atoms with E-state index in [0.717, 1.165) is 11.1 Å². The van der Waals surface area contributed by atoms with E-state index in [-0.39, 0.29) is 23.0 Å². The highest BCUT2D eigenvalue weighted by molar-refractivity contribution is 6.05. The van der Waals surface area contributed by atoms with Crippen molar-refractivity contribution < 1.29 is 19.0 Å². The van der Waals surface area contributed by atoms with Crippen molar-refractivity contribution in [3.05, 3.63) is 118 Å². The third-order valence-corrected chi connectivity index (χ3v) is 3.94. The molecule has 3 aromatic rings. The predicted molar refractivity (Wildman–Crippen MR) is 104 cm³/mol. The van der Waals surface area contributed by atoms with E-state index in [0.29, 0.717) is 9.46 Å². The van der Waals surface area contributed by atoms with Crippen LogP contribution in [-0.2, 0) is 0 Å². The molecule has 0 saturated carbocycles. The Balaban J connectivity index is 1.67. The van der Waals surface area contributed by atoms with E-state index in [4.69, 9.17) is 0 Å². The van der Waals surface area contributed by atoms with Gasteiger partial charge in [0.25, 0.3) is 23.0 Å². The van der Waals surface area contributed by atoms with E-state index in [9.17, 15) is 20.0 Å². The number of carbonyl (C=O) groups excluding carboxylic acids is 2. The van der Waals surface area contributed by atoms with E-state index in [1.807, 2.05) is 0 Å². The van der Waals surface area contributed by atoms with Gasteiger partial charge in [-0.3, -0.25) is 9.59 Å². The zero-order chi connectivity index (χ0) is 19.9. The van der Waals surface area contributed by atoms with Crippen LogP contribution < -0.4 is 9.46 Å². The number of hydrogen-bond donors (Lipinski definition) is 0. The van der Waals surface area contributed by atoms with Crippen molar-refractivity contribution in [3.63, 3.8) is 0 Å². The monoisotopic (exact) mass is 372 g/mol. The van der Waals surface area contributed by atoms with Crippen LogP contribution in [-0.4, -0.2) is 11.6 Å². The molecule has 0 aliphatic heterocycles. The number of rotatable bonds is 6. The van der Waals surface area contributed by atoms with Gasteiger partial charge in [-0.1, -0.05) is 36.4 Å². The Morgan fingerprint density at radius 1 is 0.643 bits per heavy atom. The number of nitrogens with zero attached hydrogens (tertiary/aromatic N) is 2. The molecule has 0 unspecified atom stereocenters. The fraction of sp³-hybridized carbons (Fsp3) is 0. The summed E-state index contributed by atoms with van der Waals surface area (Å²) in [7, 11) is 0. The number of allylic oxidation sites excluding steroid dienone is 2. The first-order valence-corrected chi connectivity index (χ1v) is 8.46. The lowest BCUT2D eigenvalue weighted by atomic mass is 10.1. The molecule has 6 heteroatoms.